The first kappa shape index (κ1) is 21.4. The Hall–Kier alpha value is -2.42. The van der Waals surface area contributed by atoms with E-state index in [0.717, 1.165) is 25.7 Å². The van der Waals surface area contributed by atoms with Crippen LogP contribution in [0, 0.1) is 0 Å². The third kappa shape index (κ3) is 4.40. The first-order valence-electron chi connectivity index (χ1n) is 11.5. The lowest BCUT2D eigenvalue weighted by atomic mass is 9.97. The molecule has 0 spiro atoms. The zero-order valence-corrected chi connectivity index (χ0v) is 20.4. The smallest absolute Gasteiger partial charge is 0.0190 e. The van der Waals surface area contributed by atoms with Gasteiger partial charge in [0.2, 0.25) is 0 Å². The van der Waals surface area contributed by atoms with Crippen molar-refractivity contribution < 1.29 is 0 Å². The summed E-state index contributed by atoms with van der Waals surface area (Å²) < 4.78 is 0. The van der Waals surface area contributed by atoms with Crippen molar-refractivity contribution in [2.75, 3.05) is 0 Å². The predicted octanol–water partition coefficient (Wildman–Crippen LogP) is 8.61. The predicted molar refractivity (Wildman–Crippen MR) is 138 cm³/mol. The highest BCUT2D eigenvalue weighted by Crippen LogP contribution is 2.42. The molecule has 0 N–H and O–H groups in total. The van der Waals surface area contributed by atoms with Crippen LogP contribution in [0.3, 0.4) is 0 Å². The van der Waals surface area contributed by atoms with Gasteiger partial charge in [-0.3, -0.25) is 0 Å². The van der Waals surface area contributed by atoms with Crippen LogP contribution >= 0.6 is 23.5 Å². The fourth-order valence-corrected chi connectivity index (χ4v) is 6.75. The molecule has 2 heteroatoms. The van der Waals surface area contributed by atoms with E-state index in [9.17, 15) is 0 Å². The van der Waals surface area contributed by atoms with Crippen LogP contribution in [0.4, 0.5) is 0 Å². The van der Waals surface area contributed by atoms with Crippen molar-refractivity contribution in [2.24, 2.45) is 0 Å². The Morgan fingerprint density at radius 3 is 1.59 bits per heavy atom. The number of fused-ring (bicyclic) bond motifs is 4. The van der Waals surface area contributed by atoms with Crippen LogP contribution in [0.15, 0.2) is 105 Å². The standard InChI is InChI=1S/C17H18S.C13H10S/c1-3-12-9-13(4-2)17-15(10-12)11-14-7-5-6-8-16(14)18-17;1-3-7-12-10(5-1)9-11-6-2-4-8-13(11)14-12/h5-10H,3-4,11H2,1-2H3;1-8H,9H2. The van der Waals surface area contributed by atoms with E-state index in [1.54, 1.807) is 0 Å². The molecule has 0 aliphatic carbocycles. The second-order valence-corrected chi connectivity index (χ2v) is 10.5. The molecule has 0 amide bonds. The van der Waals surface area contributed by atoms with Gasteiger partial charge in [0.25, 0.3) is 0 Å². The first-order valence-corrected chi connectivity index (χ1v) is 13.1. The molecule has 0 aromatic heterocycles. The summed E-state index contributed by atoms with van der Waals surface area (Å²) in [6.07, 6.45) is 4.44. The summed E-state index contributed by atoms with van der Waals surface area (Å²) in [6, 6.07) is 30.9. The third-order valence-electron chi connectivity index (χ3n) is 6.20. The van der Waals surface area contributed by atoms with Crippen molar-refractivity contribution >= 4 is 23.5 Å². The van der Waals surface area contributed by atoms with Gasteiger partial charge in [-0.25, -0.2) is 0 Å². The minimum absolute atomic E-state index is 1.08. The Labute approximate surface area is 200 Å². The molecule has 6 rings (SSSR count). The molecule has 160 valence electrons. The van der Waals surface area contributed by atoms with Gasteiger partial charge in [-0.15, -0.1) is 0 Å². The average Bonchev–Trinajstić information content (AvgIpc) is 2.85. The minimum atomic E-state index is 1.08. The van der Waals surface area contributed by atoms with Gasteiger partial charge in [-0.05, 0) is 77.3 Å². The van der Waals surface area contributed by atoms with Crippen LogP contribution in [0.5, 0.6) is 0 Å². The van der Waals surface area contributed by atoms with Crippen molar-refractivity contribution in [1.29, 1.82) is 0 Å². The Morgan fingerprint density at radius 2 is 1.06 bits per heavy atom. The maximum Gasteiger partial charge on any atom is 0.0190 e. The highest BCUT2D eigenvalue weighted by Gasteiger charge is 2.18. The van der Waals surface area contributed by atoms with Gasteiger partial charge < -0.3 is 0 Å². The van der Waals surface area contributed by atoms with Crippen molar-refractivity contribution in [3.63, 3.8) is 0 Å². The van der Waals surface area contributed by atoms with Gasteiger partial charge in [-0.1, -0.05) is 104 Å². The van der Waals surface area contributed by atoms with Gasteiger partial charge in [0.15, 0.2) is 0 Å². The number of aryl methyl sites for hydroxylation is 2. The summed E-state index contributed by atoms with van der Waals surface area (Å²) in [4.78, 5) is 5.76. The molecule has 2 aliphatic rings. The topological polar surface area (TPSA) is 0 Å². The molecule has 0 atom stereocenters. The molecular formula is C30H28S2. The van der Waals surface area contributed by atoms with E-state index in [1.165, 1.54) is 53.0 Å². The van der Waals surface area contributed by atoms with Gasteiger partial charge in [0, 0.05) is 19.6 Å². The summed E-state index contributed by atoms with van der Waals surface area (Å²) in [5.41, 5.74) is 8.90. The SMILES string of the molecule is CCc1cc(CC)c2c(c1)Cc1ccccc1S2.c1ccc2c(c1)Cc1ccccc1S2. The van der Waals surface area contributed by atoms with Crippen LogP contribution in [0.25, 0.3) is 0 Å². The lowest BCUT2D eigenvalue weighted by Gasteiger charge is -2.22. The van der Waals surface area contributed by atoms with Gasteiger partial charge in [0.1, 0.15) is 0 Å². The molecule has 4 aromatic rings. The normalized spacial score (nSPS) is 13.1. The van der Waals surface area contributed by atoms with Crippen molar-refractivity contribution in [2.45, 2.75) is 59.1 Å². The molecule has 0 bridgehead atoms. The highest BCUT2D eigenvalue weighted by molar-refractivity contribution is 7.99. The number of benzene rings is 4. The average molecular weight is 453 g/mol. The quantitative estimate of drug-likeness (QED) is 0.258. The summed E-state index contributed by atoms with van der Waals surface area (Å²) in [7, 11) is 0. The third-order valence-corrected chi connectivity index (χ3v) is 8.79. The monoisotopic (exact) mass is 452 g/mol. The first-order chi connectivity index (χ1) is 15.7. The highest BCUT2D eigenvalue weighted by atomic mass is 32.2. The lowest BCUT2D eigenvalue weighted by Crippen LogP contribution is -2.03. The van der Waals surface area contributed by atoms with E-state index in [4.69, 9.17) is 0 Å². The number of rotatable bonds is 2. The van der Waals surface area contributed by atoms with Gasteiger partial charge in [-0.2, -0.15) is 0 Å². The number of hydrogen-bond donors (Lipinski definition) is 0. The van der Waals surface area contributed by atoms with Crippen LogP contribution in [0.1, 0.15) is 47.2 Å². The molecule has 0 radical (unpaired) electrons. The fourth-order valence-electron chi connectivity index (χ4n) is 4.44. The van der Waals surface area contributed by atoms with E-state index in [-0.39, 0.29) is 0 Å². The molecule has 2 heterocycles. The zero-order chi connectivity index (χ0) is 21.9. The fraction of sp³-hybridized carbons (Fsp3) is 0.200. The molecule has 0 unspecified atom stereocenters. The van der Waals surface area contributed by atoms with Gasteiger partial charge in [0.05, 0.1) is 0 Å². The lowest BCUT2D eigenvalue weighted by molar-refractivity contribution is 0.970. The van der Waals surface area contributed by atoms with Crippen LogP contribution in [-0.2, 0) is 25.7 Å². The summed E-state index contributed by atoms with van der Waals surface area (Å²) in [5, 5.41) is 0. The molecule has 4 aromatic carbocycles. The largest absolute Gasteiger partial charge is 0.0895 e. The second-order valence-electron chi connectivity index (χ2n) is 8.33. The van der Waals surface area contributed by atoms with Crippen molar-refractivity contribution in [1.82, 2.24) is 0 Å². The van der Waals surface area contributed by atoms with E-state index < -0.39 is 0 Å². The van der Waals surface area contributed by atoms with Crippen molar-refractivity contribution in [3.8, 4) is 0 Å². The maximum atomic E-state index is 2.40. The number of hydrogen-bond acceptors (Lipinski definition) is 2. The molecule has 2 aliphatic heterocycles. The molecule has 32 heavy (non-hydrogen) atoms. The molecular weight excluding hydrogens is 424 g/mol. The second kappa shape index (κ2) is 9.60. The molecule has 0 saturated heterocycles. The summed E-state index contributed by atoms with van der Waals surface area (Å²) in [5.74, 6) is 0. The van der Waals surface area contributed by atoms with E-state index >= 15 is 0 Å². The Bertz CT molecular complexity index is 1170. The maximum absolute atomic E-state index is 2.40. The van der Waals surface area contributed by atoms with Gasteiger partial charge >= 0.3 is 0 Å². The molecule has 0 fully saturated rings. The van der Waals surface area contributed by atoms with E-state index in [0.29, 0.717) is 0 Å². The van der Waals surface area contributed by atoms with Crippen LogP contribution in [-0.4, -0.2) is 0 Å². The summed E-state index contributed by atoms with van der Waals surface area (Å²) in [6.45, 7) is 4.50. The Morgan fingerprint density at radius 1 is 0.562 bits per heavy atom. The summed E-state index contributed by atoms with van der Waals surface area (Å²) >= 11 is 3.84. The minimum Gasteiger partial charge on any atom is -0.0895 e. The van der Waals surface area contributed by atoms with E-state index in [1.807, 2.05) is 23.5 Å². The Kier molecular flexibility index (Phi) is 6.43. The van der Waals surface area contributed by atoms with Crippen molar-refractivity contribution in [3.05, 3.63) is 118 Å². The molecule has 0 nitrogen and oxygen atoms in total. The van der Waals surface area contributed by atoms with Crippen LogP contribution in [0.2, 0.25) is 0 Å². The zero-order valence-electron chi connectivity index (χ0n) is 18.7. The van der Waals surface area contributed by atoms with Crippen LogP contribution < -0.4 is 0 Å². The molecule has 0 saturated carbocycles. The van der Waals surface area contributed by atoms with E-state index in [2.05, 4.69) is 98.8 Å². The Balaban J connectivity index is 0.000000139.